The Morgan fingerprint density at radius 1 is 1.03 bits per heavy atom. The minimum atomic E-state index is -0.732. The zero-order chi connectivity index (χ0) is 22.4. The van der Waals surface area contributed by atoms with E-state index >= 15 is 0 Å². The highest BCUT2D eigenvalue weighted by Gasteiger charge is 2.56. The molecule has 2 saturated heterocycles. The number of hydrogen-bond donors (Lipinski definition) is 0. The van der Waals surface area contributed by atoms with E-state index in [2.05, 4.69) is 4.98 Å². The van der Waals surface area contributed by atoms with E-state index in [1.807, 2.05) is 30.5 Å². The Kier molecular flexibility index (Phi) is 5.03. The van der Waals surface area contributed by atoms with Gasteiger partial charge in [0.1, 0.15) is 29.9 Å². The zero-order valence-corrected chi connectivity index (χ0v) is 18.2. The van der Waals surface area contributed by atoms with E-state index in [1.165, 1.54) is 6.07 Å². The van der Waals surface area contributed by atoms with Gasteiger partial charge in [0.05, 0.1) is 18.6 Å². The predicted octanol–water partition coefficient (Wildman–Crippen LogP) is 3.48. The smallest absolute Gasteiger partial charge is 0.233 e. The number of rotatable bonds is 4. The van der Waals surface area contributed by atoms with Gasteiger partial charge in [0.2, 0.25) is 5.91 Å². The van der Waals surface area contributed by atoms with Gasteiger partial charge in [-0.15, -0.1) is 0 Å². The van der Waals surface area contributed by atoms with Gasteiger partial charge in [-0.3, -0.25) is 9.78 Å². The first-order chi connectivity index (χ1) is 16.1. The lowest BCUT2D eigenvalue weighted by atomic mass is 9.94. The number of pyridine rings is 1. The van der Waals surface area contributed by atoms with Crippen molar-refractivity contribution in [2.45, 2.75) is 36.6 Å². The van der Waals surface area contributed by atoms with E-state index in [0.717, 1.165) is 16.5 Å². The molecule has 6 rings (SSSR count). The monoisotopic (exact) mass is 448 g/mol. The number of carbonyl (C=O) groups is 1. The second-order valence-electron chi connectivity index (χ2n) is 9.11. The second kappa shape index (κ2) is 8.08. The molecule has 33 heavy (non-hydrogen) atoms. The van der Waals surface area contributed by atoms with Crippen molar-refractivity contribution in [3.8, 4) is 5.75 Å². The van der Waals surface area contributed by atoms with Crippen molar-refractivity contribution in [1.29, 1.82) is 0 Å². The van der Waals surface area contributed by atoms with E-state index in [1.54, 1.807) is 29.3 Å². The molecule has 0 unspecified atom stereocenters. The first kappa shape index (κ1) is 20.6. The van der Waals surface area contributed by atoms with Gasteiger partial charge in [-0.25, -0.2) is 4.39 Å². The molecule has 1 aromatic heterocycles. The van der Waals surface area contributed by atoms with Gasteiger partial charge >= 0.3 is 0 Å². The molecule has 3 heterocycles. The number of benzene rings is 2. The fourth-order valence-electron chi connectivity index (χ4n) is 5.06. The molecule has 2 aromatic carbocycles. The normalized spacial score (nSPS) is 24.3. The molecule has 3 fully saturated rings. The number of fused-ring (bicyclic) bond motifs is 2. The molecule has 3 aliphatic rings. The molecular weight excluding hydrogens is 423 g/mol. The van der Waals surface area contributed by atoms with Crippen LogP contribution in [-0.2, 0) is 19.7 Å². The van der Waals surface area contributed by atoms with Crippen LogP contribution in [0.2, 0.25) is 0 Å². The van der Waals surface area contributed by atoms with Crippen LogP contribution in [-0.4, -0.2) is 60.4 Å². The number of hydrogen-bond acceptors (Lipinski definition) is 5. The maximum atomic E-state index is 14.4. The van der Waals surface area contributed by atoms with Crippen molar-refractivity contribution < 1.29 is 23.4 Å². The molecule has 0 radical (unpaired) electrons. The standard InChI is InChI=1S/C26H25FN2O4/c27-21-6-2-1-5-20(21)26(9-10-26)25(30)29-13-23-24(14-29)32-16-18(15-31-23)33-22-7-3-4-17-12-28-11-8-19(17)22/h1-8,11-12,18,23-24H,9-10,13-16H2/t23-,24-/m0/s1. The summed E-state index contributed by atoms with van der Waals surface area (Å²) in [6, 6.07) is 14.4. The summed E-state index contributed by atoms with van der Waals surface area (Å²) in [6.07, 6.45) is 4.25. The van der Waals surface area contributed by atoms with Crippen LogP contribution in [0.3, 0.4) is 0 Å². The molecule has 1 aliphatic carbocycles. The molecule has 7 heteroatoms. The highest BCUT2D eigenvalue weighted by molar-refractivity contribution is 5.91. The van der Waals surface area contributed by atoms with E-state index in [4.69, 9.17) is 14.2 Å². The first-order valence-electron chi connectivity index (χ1n) is 11.4. The number of amides is 1. The van der Waals surface area contributed by atoms with Crippen molar-refractivity contribution in [1.82, 2.24) is 9.88 Å². The molecule has 170 valence electrons. The van der Waals surface area contributed by atoms with Gasteiger partial charge in [0, 0.05) is 41.8 Å². The van der Waals surface area contributed by atoms with E-state index < -0.39 is 5.41 Å². The average molecular weight is 448 g/mol. The molecule has 2 atom stereocenters. The Hall–Kier alpha value is -3.03. The van der Waals surface area contributed by atoms with Crippen LogP contribution in [0.1, 0.15) is 18.4 Å². The molecule has 6 nitrogen and oxygen atoms in total. The number of halogens is 1. The first-order valence-corrected chi connectivity index (χ1v) is 11.4. The van der Waals surface area contributed by atoms with E-state index in [0.29, 0.717) is 44.7 Å². The zero-order valence-electron chi connectivity index (χ0n) is 18.2. The summed E-state index contributed by atoms with van der Waals surface area (Å²) in [5, 5.41) is 2.01. The van der Waals surface area contributed by atoms with Crippen molar-refractivity contribution in [2.75, 3.05) is 26.3 Å². The third-order valence-corrected chi connectivity index (χ3v) is 6.98. The summed E-state index contributed by atoms with van der Waals surface area (Å²) in [5.74, 6) is 0.440. The minimum Gasteiger partial charge on any atom is -0.485 e. The number of ether oxygens (including phenoxy) is 3. The number of likely N-dealkylation sites (tertiary alicyclic amines) is 1. The summed E-state index contributed by atoms with van der Waals surface area (Å²) in [4.78, 5) is 19.3. The highest BCUT2D eigenvalue weighted by atomic mass is 19.1. The van der Waals surface area contributed by atoms with Crippen molar-refractivity contribution >= 4 is 16.7 Å². The molecule has 0 N–H and O–H groups in total. The molecular formula is C26H25FN2O4. The lowest BCUT2D eigenvalue weighted by Gasteiger charge is -2.24. The molecule has 0 spiro atoms. The van der Waals surface area contributed by atoms with Gasteiger partial charge in [0.25, 0.3) is 0 Å². The minimum absolute atomic E-state index is 0.0231. The molecule has 3 aromatic rings. The number of aromatic nitrogens is 1. The molecule has 2 aliphatic heterocycles. The van der Waals surface area contributed by atoms with Crippen molar-refractivity contribution in [3.63, 3.8) is 0 Å². The van der Waals surface area contributed by atoms with Gasteiger partial charge in [-0.2, -0.15) is 0 Å². The average Bonchev–Trinajstić information content (AvgIpc) is 3.58. The summed E-state index contributed by atoms with van der Waals surface area (Å²) < 4.78 is 32.9. The second-order valence-corrected chi connectivity index (χ2v) is 9.11. The van der Waals surface area contributed by atoms with Crippen LogP contribution in [0.5, 0.6) is 5.75 Å². The van der Waals surface area contributed by atoms with Gasteiger partial charge < -0.3 is 19.1 Å². The third kappa shape index (κ3) is 3.65. The summed E-state index contributed by atoms with van der Waals surface area (Å²) in [5.41, 5.74) is -0.230. The van der Waals surface area contributed by atoms with Crippen LogP contribution in [0, 0.1) is 5.82 Å². The SMILES string of the molecule is O=C(N1C[C@@H]2OCC(Oc3cccc4cnccc34)CO[C@H]2C1)C1(c2ccccc2F)CC1. The van der Waals surface area contributed by atoms with Crippen LogP contribution in [0.4, 0.5) is 4.39 Å². The van der Waals surface area contributed by atoms with Crippen LogP contribution in [0.15, 0.2) is 60.9 Å². The van der Waals surface area contributed by atoms with Gasteiger partial charge in [-0.1, -0.05) is 30.3 Å². The maximum absolute atomic E-state index is 14.4. The fraction of sp³-hybridized carbons (Fsp3) is 0.385. The topological polar surface area (TPSA) is 60.9 Å². The van der Waals surface area contributed by atoms with Crippen LogP contribution >= 0.6 is 0 Å². The molecule has 1 amide bonds. The summed E-state index contributed by atoms with van der Waals surface area (Å²) in [6.45, 7) is 1.66. The van der Waals surface area contributed by atoms with E-state index in [9.17, 15) is 9.18 Å². The number of carbonyl (C=O) groups excluding carboxylic acids is 1. The highest BCUT2D eigenvalue weighted by Crippen LogP contribution is 2.51. The Labute approximate surface area is 191 Å². The summed E-state index contributed by atoms with van der Waals surface area (Å²) in [7, 11) is 0. The Morgan fingerprint density at radius 3 is 2.52 bits per heavy atom. The van der Waals surface area contributed by atoms with Crippen LogP contribution in [0.25, 0.3) is 10.8 Å². The Bertz CT molecular complexity index is 1180. The lowest BCUT2D eigenvalue weighted by molar-refractivity contribution is -0.134. The predicted molar refractivity (Wildman–Crippen MR) is 120 cm³/mol. The van der Waals surface area contributed by atoms with Crippen molar-refractivity contribution in [3.05, 3.63) is 72.3 Å². The Balaban J connectivity index is 1.12. The van der Waals surface area contributed by atoms with Crippen molar-refractivity contribution in [2.24, 2.45) is 0 Å². The molecule has 0 bridgehead atoms. The summed E-state index contributed by atoms with van der Waals surface area (Å²) >= 11 is 0. The largest absolute Gasteiger partial charge is 0.485 e. The third-order valence-electron chi connectivity index (χ3n) is 6.98. The maximum Gasteiger partial charge on any atom is 0.233 e. The van der Waals surface area contributed by atoms with Gasteiger partial charge in [0.15, 0.2) is 0 Å². The Morgan fingerprint density at radius 2 is 1.79 bits per heavy atom. The van der Waals surface area contributed by atoms with Gasteiger partial charge in [-0.05, 0) is 31.0 Å². The van der Waals surface area contributed by atoms with Crippen LogP contribution < -0.4 is 4.74 Å². The number of nitrogens with zero attached hydrogens (tertiary/aromatic N) is 2. The molecule has 1 saturated carbocycles. The fourth-order valence-corrected chi connectivity index (χ4v) is 5.06. The lowest BCUT2D eigenvalue weighted by Crippen LogP contribution is -2.39. The van der Waals surface area contributed by atoms with E-state index in [-0.39, 0.29) is 30.0 Å². The quantitative estimate of drug-likeness (QED) is 0.612.